The maximum atomic E-state index is 9.42. The lowest BCUT2D eigenvalue weighted by Gasteiger charge is -2.14. The van der Waals surface area contributed by atoms with Gasteiger partial charge in [0.2, 0.25) is 0 Å². The van der Waals surface area contributed by atoms with Gasteiger partial charge in [-0.2, -0.15) is 10.4 Å². The summed E-state index contributed by atoms with van der Waals surface area (Å²) < 4.78 is 1.81. The van der Waals surface area contributed by atoms with Gasteiger partial charge in [0.1, 0.15) is 6.04 Å². The average Bonchev–Trinajstić information content (AvgIpc) is 2.61. The van der Waals surface area contributed by atoms with E-state index in [4.69, 9.17) is 0 Å². The molecule has 0 radical (unpaired) electrons. The van der Waals surface area contributed by atoms with E-state index in [0.717, 1.165) is 22.6 Å². The van der Waals surface area contributed by atoms with Crippen molar-refractivity contribution < 1.29 is 0 Å². The Kier molecular flexibility index (Phi) is 3.57. The quantitative estimate of drug-likeness (QED) is 0.916. The van der Waals surface area contributed by atoms with Gasteiger partial charge in [0.05, 0.1) is 11.8 Å². The van der Waals surface area contributed by atoms with Crippen LogP contribution < -0.4 is 5.32 Å². The van der Waals surface area contributed by atoms with Crippen molar-refractivity contribution in [3.8, 4) is 6.07 Å². The number of aryl methyl sites for hydroxylation is 3. The van der Waals surface area contributed by atoms with Gasteiger partial charge < -0.3 is 5.32 Å². The van der Waals surface area contributed by atoms with E-state index in [-0.39, 0.29) is 6.04 Å². The zero-order valence-corrected chi connectivity index (χ0v) is 11.7. The van der Waals surface area contributed by atoms with E-state index in [0.29, 0.717) is 0 Å². The van der Waals surface area contributed by atoms with Crippen LogP contribution in [0.5, 0.6) is 0 Å². The fourth-order valence-electron chi connectivity index (χ4n) is 2.28. The molecule has 1 atom stereocenters. The van der Waals surface area contributed by atoms with E-state index < -0.39 is 0 Å². The smallest absolute Gasteiger partial charge is 0.143 e. The molecule has 1 N–H and O–H groups in total. The van der Waals surface area contributed by atoms with Crippen molar-refractivity contribution in [3.63, 3.8) is 0 Å². The van der Waals surface area contributed by atoms with Crippen LogP contribution in [-0.2, 0) is 7.05 Å². The normalized spacial score (nSPS) is 11.9. The zero-order chi connectivity index (χ0) is 14.0. The molecule has 2 rings (SSSR count). The Balaban J connectivity index is 2.34. The second kappa shape index (κ2) is 5.15. The Bertz CT molecular complexity index is 634. The summed E-state index contributed by atoms with van der Waals surface area (Å²) in [7, 11) is 1.90. The third-order valence-corrected chi connectivity index (χ3v) is 3.31. The Morgan fingerprint density at radius 2 is 2.05 bits per heavy atom. The molecule has 19 heavy (non-hydrogen) atoms. The molecule has 0 saturated carbocycles. The lowest BCUT2D eigenvalue weighted by atomic mass is 10.1. The van der Waals surface area contributed by atoms with Crippen LogP contribution in [0.25, 0.3) is 0 Å². The van der Waals surface area contributed by atoms with Crippen LogP contribution in [-0.4, -0.2) is 9.78 Å². The van der Waals surface area contributed by atoms with Gasteiger partial charge in [-0.1, -0.05) is 12.1 Å². The molecule has 0 spiro atoms. The van der Waals surface area contributed by atoms with Crippen LogP contribution in [0.1, 0.15) is 28.6 Å². The minimum Gasteiger partial charge on any atom is -0.366 e. The van der Waals surface area contributed by atoms with Crippen LogP contribution in [0.15, 0.2) is 24.3 Å². The number of nitrogens with one attached hydrogen (secondary N) is 1. The molecule has 0 saturated heterocycles. The zero-order valence-electron chi connectivity index (χ0n) is 11.7. The predicted molar refractivity (Wildman–Crippen MR) is 75.8 cm³/mol. The number of hydrogen-bond acceptors (Lipinski definition) is 3. The molecule has 4 heteroatoms. The molecule has 0 bridgehead atoms. The first-order valence-corrected chi connectivity index (χ1v) is 6.26. The lowest BCUT2D eigenvalue weighted by molar-refractivity contribution is 0.729. The van der Waals surface area contributed by atoms with E-state index in [1.807, 2.05) is 56.8 Å². The monoisotopic (exact) mass is 254 g/mol. The number of rotatable bonds is 3. The highest BCUT2D eigenvalue weighted by Gasteiger charge is 2.19. The van der Waals surface area contributed by atoms with Crippen molar-refractivity contribution in [2.75, 3.05) is 5.32 Å². The summed E-state index contributed by atoms with van der Waals surface area (Å²) in [6.07, 6.45) is 0. The van der Waals surface area contributed by atoms with E-state index in [2.05, 4.69) is 16.5 Å². The van der Waals surface area contributed by atoms with Crippen LogP contribution in [0.3, 0.4) is 0 Å². The summed E-state index contributed by atoms with van der Waals surface area (Å²) in [4.78, 5) is 0. The largest absolute Gasteiger partial charge is 0.366 e. The average molecular weight is 254 g/mol. The Morgan fingerprint density at radius 1 is 1.32 bits per heavy atom. The molecule has 98 valence electrons. The molecule has 2 aromatic rings. The van der Waals surface area contributed by atoms with Crippen LogP contribution >= 0.6 is 0 Å². The van der Waals surface area contributed by atoms with E-state index in [9.17, 15) is 5.26 Å². The van der Waals surface area contributed by atoms with Gasteiger partial charge in [0.25, 0.3) is 0 Å². The molecule has 4 nitrogen and oxygen atoms in total. The summed E-state index contributed by atoms with van der Waals surface area (Å²) in [5.74, 6) is 0. The highest BCUT2D eigenvalue weighted by atomic mass is 15.3. The van der Waals surface area contributed by atoms with Crippen molar-refractivity contribution in [2.45, 2.75) is 26.8 Å². The molecule has 0 aliphatic carbocycles. The van der Waals surface area contributed by atoms with Gasteiger partial charge in [-0.15, -0.1) is 0 Å². The predicted octanol–water partition coefficient (Wildman–Crippen LogP) is 3.02. The molecule has 1 unspecified atom stereocenters. The van der Waals surface area contributed by atoms with Crippen molar-refractivity contribution in [2.24, 2.45) is 7.05 Å². The van der Waals surface area contributed by atoms with Crippen molar-refractivity contribution in [1.29, 1.82) is 5.26 Å². The second-order valence-electron chi connectivity index (χ2n) is 4.78. The van der Waals surface area contributed by atoms with Crippen molar-refractivity contribution in [3.05, 3.63) is 46.8 Å². The van der Waals surface area contributed by atoms with Gasteiger partial charge >= 0.3 is 0 Å². The van der Waals surface area contributed by atoms with Gasteiger partial charge in [-0.3, -0.25) is 4.68 Å². The van der Waals surface area contributed by atoms with Crippen molar-refractivity contribution >= 4 is 5.69 Å². The number of benzene rings is 1. The molecule has 0 amide bonds. The van der Waals surface area contributed by atoms with Gasteiger partial charge in [0.15, 0.2) is 0 Å². The fourth-order valence-corrected chi connectivity index (χ4v) is 2.28. The molecular weight excluding hydrogens is 236 g/mol. The molecule has 0 aliphatic rings. The maximum Gasteiger partial charge on any atom is 0.143 e. The summed E-state index contributed by atoms with van der Waals surface area (Å²) >= 11 is 0. The van der Waals surface area contributed by atoms with Crippen LogP contribution in [0, 0.1) is 32.1 Å². The van der Waals surface area contributed by atoms with Crippen molar-refractivity contribution in [1.82, 2.24) is 9.78 Å². The first-order chi connectivity index (χ1) is 9.02. The van der Waals surface area contributed by atoms with Gasteiger partial charge in [-0.25, -0.2) is 0 Å². The number of hydrogen-bond donors (Lipinski definition) is 1. The molecule has 0 aliphatic heterocycles. The SMILES string of the molecule is Cc1cccc(NC(C#N)c2c(C)nn(C)c2C)c1. The Hall–Kier alpha value is -2.28. The van der Waals surface area contributed by atoms with Gasteiger partial charge in [0, 0.05) is 24.0 Å². The van der Waals surface area contributed by atoms with Gasteiger partial charge in [-0.05, 0) is 38.5 Å². The lowest BCUT2D eigenvalue weighted by Crippen LogP contribution is -2.10. The molecule has 1 aromatic heterocycles. The minimum absolute atomic E-state index is 0.379. The van der Waals surface area contributed by atoms with E-state index >= 15 is 0 Å². The van der Waals surface area contributed by atoms with E-state index in [1.165, 1.54) is 5.56 Å². The highest BCUT2D eigenvalue weighted by molar-refractivity contribution is 5.50. The first kappa shape index (κ1) is 13.2. The molecule has 1 heterocycles. The summed E-state index contributed by atoms with van der Waals surface area (Å²) in [6, 6.07) is 9.96. The minimum atomic E-state index is -0.379. The summed E-state index contributed by atoms with van der Waals surface area (Å²) in [5.41, 5.74) is 5.00. The highest BCUT2D eigenvalue weighted by Crippen LogP contribution is 2.24. The number of aromatic nitrogens is 2. The fraction of sp³-hybridized carbons (Fsp3) is 0.333. The van der Waals surface area contributed by atoms with Crippen LogP contribution in [0.4, 0.5) is 5.69 Å². The molecular formula is C15H18N4. The maximum absolute atomic E-state index is 9.42. The second-order valence-corrected chi connectivity index (χ2v) is 4.78. The molecule has 1 aromatic carbocycles. The number of anilines is 1. The Labute approximate surface area is 113 Å². The third-order valence-electron chi connectivity index (χ3n) is 3.31. The summed E-state index contributed by atoms with van der Waals surface area (Å²) in [5, 5.41) is 17.0. The topological polar surface area (TPSA) is 53.6 Å². The standard InChI is InChI=1S/C15H18N4/c1-10-6-5-7-13(8-10)17-14(9-16)15-11(2)18-19(4)12(15)3/h5-8,14,17H,1-4H3. The number of nitrogens with zero attached hydrogens (tertiary/aromatic N) is 3. The Morgan fingerprint density at radius 3 is 2.58 bits per heavy atom. The first-order valence-electron chi connectivity index (χ1n) is 6.26. The number of nitriles is 1. The van der Waals surface area contributed by atoms with Crippen LogP contribution in [0.2, 0.25) is 0 Å². The summed E-state index contributed by atoms with van der Waals surface area (Å²) in [6.45, 7) is 5.95. The third kappa shape index (κ3) is 2.60. The molecule has 0 fully saturated rings. The van der Waals surface area contributed by atoms with E-state index in [1.54, 1.807) is 0 Å².